The lowest BCUT2D eigenvalue weighted by Crippen LogP contribution is -2.48. The van der Waals surface area contributed by atoms with Crippen LogP contribution >= 0.6 is 19.6 Å². The molecule has 0 fully saturated rings. The molecule has 3 aromatic rings. The van der Waals surface area contributed by atoms with Gasteiger partial charge >= 0.3 is 7.82 Å². The second-order valence-electron chi connectivity index (χ2n) is 8.22. The first-order chi connectivity index (χ1) is 16.2. The van der Waals surface area contributed by atoms with Crippen molar-refractivity contribution in [3.05, 3.63) is 89.5 Å². The van der Waals surface area contributed by atoms with Gasteiger partial charge in [0.2, 0.25) is 0 Å². The summed E-state index contributed by atoms with van der Waals surface area (Å²) in [5.74, 6) is 0.808. The number of hydrogen-bond donors (Lipinski definition) is 4. The van der Waals surface area contributed by atoms with Gasteiger partial charge in [0.05, 0.1) is 18.8 Å². The van der Waals surface area contributed by atoms with Crippen LogP contribution in [0.25, 0.3) is 0 Å². The number of phosphoric ester groups is 1. The van der Waals surface area contributed by atoms with Crippen molar-refractivity contribution in [2.45, 2.75) is 41.7 Å². The molecule has 7 nitrogen and oxygen atoms in total. The number of hydrogen-bond acceptors (Lipinski definition) is 6. The number of nitrogens with two attached hydrogens (primary N) is 1. The summed E-state index contributed by atoms with van der Waals surface area (Å²) in [4.78, 5) is 19.9. The Morgan fingerprint density at radius 1 is 1.00 bits per heavy atom. The van der Waals surface area contributed by atoms with Crippen molar-refractivity contribution in [2.24, 2.45) is 5.73 Å². The zero-order valence-electron chi connectivity index (χ0n) is 19.0. The van der Waals surface area contributed by atoms with Crippen molar-refractivity contribution in [1.29, 1.82) is 0 Å². The minimum atomic E-state index is -4.65. The van der Waals surface area contributed by atoms with Crippen LogP contribution in [0.4, 0.5) is 0 Å². The maximum absolute atomic E-state index is 11.0. The average Bonchev–Trinajstić information content (AvgIpc) is 2.81. The lowest BCUT2D eigenvalue weighted by molar-refractivity contribution is 0.102. The third-order valence-corrected chi connectivity index (χ3v) is 6.78. The first kappa shape index (κ1) is 26.4. The first-order valence-corrected chi connectivity index (χ1v) is 13.1. The number of rotatable bonds is 12. The lowest BCUT2D eigenvalue weighted by Gasteiger charge is -2.27. The van der Waals surface area contributed by atoms with Crippen LogP contribution in [-0.2, 0) is 22.1 Å². The molecule has 34 heavy (non-hydrogen) atoms. The van der Waals surface area contributed by atoms with Gasteiger partial charge in [0, 0.05) is 9.79 Å². The molecule has 1 unspecified atom stereocenters. The molecule has 0 heterocycles. The topological polar surface area (TPSA) is 122 Å². The van der Waals surface area contributed by atoms with Gasteiger partial charge in [-0.15, -0.1) is 0 Å². The highest BCUT2D eigenvalue weighted by molar-refractivity contribution is 7.99. The molecule has 0 radical (unpaired) electrons. The largest absolute Gasteiger partial charge is 0.489 e. The highest BCUT2D eigenvalue weighted by Crippen LogP contribution is 2.37. The average molecular weight is 504 g/mol. The monoisotopic (exact) mass is 503 g/mol. The molecule has 3 rings (SSSR count). The standard InChI is InChI=1S/C25H30NO6PS/c1-19-14-24(11-10-21(19)12-13-25(26,17-27)18-32-33(28,29)30)34-23-9-5-8-22(15-23)31-16-20-6-3-2-4-7-20/h2-11,14-15,27H,12-13,16-18,26H2,1H3,(H2,28,29,30). The summed E-state index contributed by atoms with van der Waals surface area (Å²) in [7, 11) is -4.65. The normalized spacial score (nSPS) is 13.4. The fraction of sp³-hybridized carbons (Fsp3) is 0.280. The third-order valence-electron chi connectivity index (χ3n) is 5.33. The van der Waals surface area contributed by atoms with E-state index in [0.717, 1.165) is 32.2 Å². The molecule has 182 valence electrons. The second kappa shape index (κ2) is 12.0. The fourth-order valence-electron chi connectivity index (χ4n) is 3.31. The first-order valence-electron chi connectivity index (χ1n) is 10.8. The molecular weight excluding hydrogens is 473 g/mol. The minimum absolute atomic E-state index is 0.317. The molecule has 1 atom stereocenters. The van der Waals surface area contributed by atoms with E-state index >= 15 is 0 Å². The SMILES string of the molecule is Cc1cc(Sc2cccc(OCc3ccccc3)c2)ccc1CCC(N)(CO)COP(=O)(O)O. The number of benzene rings is 3. The molecule has 0 aliphatic heterocycles. The van der Waals surface area contributed by atoms with Crippen LogP contribution in [0, 0.1) is 6.92 Å². The van der Waals surface area contributed by atoms with Crippen LogP contribution in [0.1, 0.15) is 23.1 Å². The molecule has 0 aliphatic carbocycles. The van der Waals surface area contributed by atoms with Crippen molar-refractivity contribution in [1.82, 2.24) is 0 Å². The summed E-state index contributed by atoms with van der Waals surface area (Å²) in [6.07, 6.45) is 0.860. The number of aliphatic hydroxyl groups is 1. The van der Waals surface area contributed by atoms with E-state index in [1.807, 2.05) is 73.7 Å². The van der Waals surface area contributed by atoms with E-state index in [2.05, 4.69) is 10.6 Å². The molecule has 0 saturated carbocycles. The minimum Gasteiger partial charge on any atom is -0.489 e. The molecule has 0 amide bonds. The molecule has 0 bridgehead atoms. The Morgan fingerprint density at radius 2 is 1.74 bits per heavy atom. The van der Waals surface area contributed by atoms with Gasteiger partial charge in [-0.05, 0) is 66.8 Å². The number of aryl methyl sites for hydroxylation is 2. The summed E-state index contributed by atoms with van der Waals surface area (Å²) in [6, 6.07) is 24.1. The summed E-state index contributed by atoms with van der Waals surface area (Å²) in [6.45, 7) is 1.65. The molecule has 0 aromatic heterocycles. The van der Waals surface area contributed by atoms with Gasteiger partial charge in [0.25, 0.3) is 0 Å². The van der Waals surface area contributed by atoms with E-state index in [0.29, 0.717) is 19.4 Å². The van der Waals surface area contributed by atoms with E-state index in [1.54, 1.807) is 11.8 Å². The summed E-state index contributed by atoms with van der Waals surface area (Å²) >= 11 is 1.63. The van der Waals surface area contributed by atoms with Crippen molar-refractivity contribution >= 4 is 19.6 Å². The Kier molecular flexibility index (Phi) is 9.33. The molecule has 5 N–H and O–H groups in total. The number of phosphoric acid groups is 1. The number of ether oxygens (including phenoxy) is 1. The van der Waals surface area contributed by atoms with Crippen LogP contribution in [0.2, 0.25) is 0 Å². The summed E-state index contributed by atoms with van der Waals surface area (Å²) < 4.78 is 21.4. The van der Waals surface area contributed by atoms with Crippen LogP contribution in [0.5, 0.6) is 5.75 Å². The zero-order chi connectivity index (χ0) is 24.6. The molecule has 0 saturated heterocycles. The van der Waals surface area contributed by atoms with Crippen LogP contribution < -0.4 is 10.5 Å². The predicted octanol–water partition coefficient (Wildman–Crippen LogP) is 4.46. The van der Waals surface area contributed by atoms with E-state index in [-0.39, 0.29) is 0 Å². The van der Waals surface area contributed by atoms with Gasteiger partial charge in [-0.1, -0.05) is 54.2 Å². The van der Waals surface area contributed by atoms with Gasteiger partial charge in [0.15, 0.2) is 0 Å². The van der Waals surface area contributed by atoms with E-state index in [4.69, 9.17) is 20.3 Å². The molecular formula is C25H30NO6PS. The molecule has 0 spiro atoms. The Bertz CT molecular complexity index is 1120. The maximum Gasteiger partial charge on any atom is 0.469 e. The summed E-state index contributed by atoms with van der Waals surface area (Å²) in [5, 5.41) is 9.59. The van der Waals surface area contributed by atoms with Crippen LogP contribution in [0.3, 0.4) is 0 Å². The molecule has 0 aliphatic rings. The maximum atomic E-state index is 11.0. The van der Waals surface area contributed by atoms with Crippen LogP contribution in [0.15, 0.2) is 82.6 Å². The fourth-order valence-corrected chi connectivity index (χ4v) is 4.70. The van der Waals surface area contributed by atoms with E-state index in [1.165, 1.54) is 0 Å². The summed E-state index contributed by atoms with van der Waals surface area (Å²) in [5.41, 5.74) is 8.07. The van der Waals surface area contributed by atoms with Crippen LogP contribution in [-0.4, -0.2) is 33.6 Å². The van der Waals surface area contributed by atoms with E-state index in [9.17, 15) is 9.67 Å². The van der Waals surface area contributed by atoms with Gasteiger partial charge in [-0.2, -0.15) is 0 Å². The van der Waals surface area contributed by atoms with Gasteiger partial charge < -0.3 is 25.4 Å². The van der Waals surface area contributed by atoms with Crippen molar-refractivity contribution in [3.8, 4) is 5.75 Å². The smallest absolute Gasteiger partial charge is 0.469 e. The molecule has 3 aromatic carbocycles. The Morgan fingerprint density at radius 3 is 2.41 bits per heavy atom. The third kappa shape index (κ3) is 8.56. The lowest BCUT2D eigenvalue weighted by atomic mass is 9.92. The number of aliphatic hydroxyl groups excluding tert-OH is 1. The van der Waals surface area contributed by atoms with E-state index < -0.39 is 26.6 Å². The molecule has 9 heteroatoms. The van der Waals surface area contributed by atoms with Crippen molar-refractivity contribution in [2.75, 3.05) is 13.2 Å². The Balaban J connectivity index is 1.59. The van der Waals surface area contributed by atoms with Crippen molar-refractivity contribution < 1.29 is 28.7 Å². The Labute approximate surface area is 204 Å². The van der Waals surface area contributed by atoms with Gasteiger partial charge in [-0.3, -0.25) is 4.52 Å². The highest BCUT2D eigenvalue weighted by Gasteiger charge is 2.28. The zero-order valence-corrected chi connectivity index (χ0v) is 20.7. The highest BCUT2D eigenvalue weighted by atomic mass is 32.2. The Hall–Kier alpha value is -2.16. The van der Waals surface area contributed by atoms with Gasteiger partial charge in [-0.25, -0.2) is 4.57 Å². The quantitative estimate of drug-likeness (QED) is 0.267. The second-order valence-corrected chi connectivity index (χ2v) is 10.6. The van der Waals surface area contributed by atoms with Crippen molar-refractivity contribution in [3.63, 3.8) is 0 Å². The predicted molar refractivity (Wildman–Crippen MR) is 133 cm³/mol. The van der Waals surface area contributed by atoms with Gasteiger partial charge in [0.1, 0.15) is 12.4 Å².